The first kappa shape index (κ1) is 47.3. The Morgan fingerprint density at radius 3 is 1.93 bits per heavy atom. The van der Waals surface area contributed by atoms with Gasteiger partial charge >= 0.3 is 24.1 Å². The Balaban J connectivity index is 3.15. The number of aliphatic hydroxyl groups is 1. The maximum absolute atomic E-state index is 13.7. The van der Waals surface area contributed by atoms with Gasteiger partial charge in [-0.2, -0.15) is 0 Å². The SMILES string of the molecule is CCCC(C)OC(=O)CCC(=O)N[C@@H](CCNC(=O)OC(C)(C)C)C(=O)C[C@H](C(=O)N[C@@H](CNC(=O)OC(C)(C)C)C(=O)OCc1ccccc1)C(C)O. The molecule has 0 heterocycles. The largest absolute Gasteiger partial charge is 0.463 e. The number of amides is 4. The number of nitrogens with one attached hydrogen (secondary N) is 4. The molecule has 0 saturated heterocycles. The highest BCUT2D eigenvalue weighted by atomic mass is 16.6. The van der Waals surface area contributed by atoms with Crippen LogP contribution in [0.5, 0.6) is 0 Å². The highest BCUT2D eigenvalue weighted by molar-refractivity contribution is 5.94. The molecule has 0 aromatic heterocycles. The third-order valence-corrected chi connectivity index (χ3v) is 7.42. The molecule has 0 saturated carbocycles. The topological polar surface area (TPSA) is 225 Å². The number of benzene rings is 1. The van der Waals surface area contributed by atoms with E-state index in [9.17, 15) is 38.7 Å². The molecular formula is C38H60N4O12. The molecule has 1 aromatic rings. The molecule has 1 rings (SSSR count). The van der Waals surface area contributed by atoms with E-state index in [-0.39, 0.29) is 38.5 Å². The molecule has 1 aromatic carbocycles. The highest BCUT2D eigenvalue weighted by Crippen LogP contribution is 2.15. The molecule has 5 N–H and O–H groups in total. The van der Waals surface area contributed by atoms with Crippen LogP contribution in [-0.4, -0.2) is 95.4 Å². The Hall–Kier alpha value is -4.73. The molecule has 16 nitrogen and oxygen atoms in total. The Kier molecular flexibility index (Phi) is 20.3. The van der Waals surface area contributed by atoms with Gasteiger partial charge in [0.1, 0.15) is 23.9 Å². The number of ether oxygens (including phenoxy) is 4. The maximum atomic E-state index is 13.7. The van der Waals surface area contributed by atoms with Crippen molar-refractivity contribution in [2.75, 3.05) is 13.1 Å². The van der Waals surface area contributed by atoms with Crippen LogP contribution in [0.15, 0.2) is 30.3 Å². The number of hydrogen-bond donors (Lipinski definition) is 5. The first-order chi connectivity index (χ1) is 25.1. The van der Waals surface area contributed by atoms with E-state index < -0.39 is 90.0 Å². The van der Waals surface area contributed by atoms with Crippen molar-refractivity contribution in [2.45, 2.75) is 143 Å². The van der Waals surface area contributed by atoms with E-state index in [1.807, 2.05) is 6.92 Å². The van der Waals surface area contributed by atoms with Crippen molar-refractivity contribution in [2.24, 2.45) is 5.92 Å². The lowest BCUT2D eigenvalue weighted by molar-refractivity contribution is -0.150. The standard InChI is InChI=1S/C38H60N4O12/c1-10-14-24(2)52-32(46)18-17-31(45)41-28(19-20-39-35(49)53-37(4,5)6)30(44)21-27(25(3)43)33(47)42-29(22-40-36(50)54-38(7,8)9)34(48)51-23-26-15-12-11-13-16-26/h11-13,15-16,24-25,27-29,43H,10,14,17-23H2,1-9H3,(H,39,49)(H,40,50)(H,41,45)(H,42,47)/t24?,25?,27-,28-,29-/m0/s1. The lowest BCUT2D eigenvalue weighted by Crippen LogP contribution is -2.53. The molecule has 5 atom stereocenters. The number of rotatable bonds is 21. The van der Waals surface area contributed by atoms with Crippen LogP contribution in [0.25, 0.3) is 0 Å². The van der Waals surface area contributed by atoms with Crippen LogP contribution in [0, 0.1) is 5.92 Å². The van der Waals surface area contributed by atoms with Gasteiger partial charge in [0.05, 0.1) is 37.1 Å². The fraction of sp³-hybridized carbons (Fsp3) is 0.658. The lowest BCUT2D eigenvalue weighted by atomic mass is 9.92. The summed E-state index contributed by atoms with van der Waals surface area (Å²) in [6, 6.07) is 6.05. The van der Waals surface area contributed by atoms with Crippen LogP contribution in [0.3, 0.4) is 0 Å². The average molecular weight is 765 g/mol. The molecule has 0 radical (unpaired) electrons. The third-order valence-electron chi connectivity index (χ3n) is 7.42. The first-order valence-electron chi connectivity index (χ1n) is 18.2. The molecule has 16 heteroatoms. The number of aliphatic hydroxyl groups excluding tert-OH is 1. The molecule has 2 unspecified atom stereocenters. The zero-order valence-corrected chi connectivity index (χ0v) is 33.1. The van der Waals surface area contributed by atoms with Crippen molar-refractivity contribution < 1.29 is 57.6 Å². The molecule has 0 aliphatic carbocycles. The van der Waals surface area contributed by atoms with Crippen molar-refractivity contribution in [3.05, 3.63) is 35.9 Å². The van der Waals surface area contributed by atoms with Gasteiger partial charge in [-0.1, -0.05) is 43.7 Å². The number of carbonyl (C=O) groups is 7. The second-order valence-electron chi connectivity index (χ2n) is 15.0. The van der Waals surface area contributed by atoms with E-state index in [0.29, 0.717) is 12.0 Å². The van der Waals surface area contributed by atoms with Crippen LogP contribution >= 0.6 is 0 Å². The Morgan fingerprint density at radius 1 is 0.778 bits per heavy atom. The van der Waals surface area contributed by atoms with Crippen molar-refractivity contribution >= 4 is 41.7 Å². The smallest absolute Gasteiger partial charge is 0.407 e. The number of Topliss-reactive ketones (excluding diaryl/α,β-unsaturated/α-hetero) is 1. The maximum Gasteiger partial charge on any atom is 0.407 e. The number of alkyl carbamates (subject to hydrolysis) is 2. The summed E-state index contributed by atoms with van der Waals surface area (Å²) in [5.41, 5.74) is -0.969. The fourth-order valence-corrected chi connectivity index (χ4v) is 4.82. The fourth-order valence-electron chi connectivity index (χ4n) is 4.82. The van der Waals surface area contributed by atoms with Crippen LogP contribution < -0.4 is 21.3 Å². The summed E-state index contributed by atoms with van der Waals surface area (Å²) in [6.07, 6.45) is -3.13. The van der Waals surface area contributed by atoms with Crippen LogP contribution in [0.1, 0.15) is 106 Å². The van der Waals surface area contributed by atoms with Crippen LogP contribution in [-0.2, 0) is 49.5 Å². The predicted octanol–water partition coefficient (Wildman–Crippen LogP) is 3.61. The number of carbonyl (C=O) groups excluding carboxylic acids is 7. The third kappa shape index (κ3) is 21.1. The Bertz CT molecular complexity index is 1390. The van der Waals surface area contributed by atoms with E-state index in [4.69, 9.17) is 18.9 Å². The normalized spacial score (nSPS) is 14.2. The number of hydrogen-bond acceptors (Lipinski definition) is 12. The first-order valence-corrected chi connectivity index (χ1v) is 18.2. The summed E-state index contributed by atoms with van der Waals surface area (Å²) in [7, 11) is 0. The molecule has 0 spiro atoms. The quantitative estimate of drug-likeness (QED) is 0.0895. The van der Waals surface area contributed by atoms with Gasteiger partial charge in [0.25, 0.3) is 0 Å². The van der Waals surface area contributed by atoms with E-state index in [1.165, 1.54) is 6.92 Å². The molecule has 54 heavy (non-hydrogen) atoms. The summed E-state index contributed by atoms with van der Waals surface area (Å²) >= 11 is 0. The van der Waals surface area contributed by atoms with Gasteiger partial charge in [0, 0.05) is 19.4 Å². The molecule has 0 aliphatic heterocycles. The molecule has 304 valence electrons. The van der Waals surface area contributed by atoms with Crippen molar-refractivity contribution in [1.82, 2.24) is 21.3 Å². The zero-order valence-electron chi connectivity index (χ0n) is 33.1. The van der Waals surface area contributed by atoms with Gasteiger partial charge in [-0.25, -0.2) is 14.4 Å². The van der Waals surface area contributed by atoms with Crippen LogP contribution in [0.2, 0.25) is 0 Å². The van der Waals surface area contributed by atoms with E-state index >= 15 is 0 Å². The van der Waals surface area contributed by atoms with Crippen molar-refractivity contribution in [1.29, 1.82) is 0 Å². The predicted molar refractivity (Wildman–Crippen MR) is 198 cm³/mol. The molecule has 4 amide bonds. The van der Waals surface area contributed by atoms with Gasteiger partial charge in [-0.05, 0) is 73.8 Å². The number of esters is 2. The minimum atomic E-state index is -1.45. The van der Waals surface area contributed by atoms with E-state index in [0.717, 1.165) is 6.42 Å². The van der Waals surface area contributed by atoms with E-state index in [2.05, 4.69) is 21.3 Å². The highest BCUT2D eigenvalue weighted by Gasteiger charge is 2.34. The summed E-state index contributed by atoms with van der Waals surface area (Å²) in [6.45, 7) is 14.3. The van der Waals surface area contributed by atoms with Gasteiger partial charge in [-0.15, -0.1) is 0 Å². The van der Waals surface area contributed by atoms with Crippen molar-refractivity contribution in [3.8, 4) is 0 Å². The van der Waals surface area contributed by atoms with Gasteiger partial charge < -0.3 is 45.3 Å². The van der Waals surface area contributed by atoms with Gasteiger partial charge in [-0.3, -0.25) is 19.2 Å². The minimum absolute atomic E-state index is 0.112. The monoisotopic (exact) mass is 764 g/mol. The summed E-state index contributed by atoms with van der Waals surface area (Å²) in [5.74, 6) is -5.14. The molecule has 0 aliphatic rings. The van der Waals surface area contributed by atoms with Crippen molar-refractivity contribution in [3.63, 3.8) is 0 Å². The second-order valence-corrected chi connectivity index (χ2v) is 15.0. The minimum Gasteiger partial charge on any atom is -0.463 e. The zero-order chi connectivity index (χ0) is 41.1. The lowest BCUT2D eigenvalue weighted by Gasteiger charge is -2.26. The molecule has 0 fully saturated rings. The molecular weight excluding hydrogens is 704 g/mol. The van der Waals surface area contributed by atoms with Gasteiger partial charge in [0.15, 0.2) is 5.78 Å². The number of ketones is 1. The Morgan fingerprint density at radius 2 is 1.37 bits per heavy atom. The summed E-state index contributed by atoms with van der Waals surface area (Å²) in [4.78, 5) is 90.2. The van der Waals surface area contributed by atoms with Gasteiger partial charge in [0.2, 0.25) is 11.8 Å². The average Bonchev–Trinajstić information content (AvgIpc) is 3.05. The van der Waals surface area contributed by atoms with Crippen LogP contribution in [0.4, 0.5) is 9.59 Å². The second kappa shape index (κ2) is 23.1. The Labute approximate surface area is 318 Å². The van der Waals surface area contributed by atoms with E-state index in [1.54, 1.807) is 78.8 Å². The summed E-state index contributed by atoms with van der Waals surface area (Å²) in [5, 5.41) is 20.6. The summed E-state index contributed by atoms with van der Waals surface area (Å²) < 4.78 is 21.1. The molecule has 0 bridgehead atoms.